The van der Waals surface area contributed by atoms with Crippen molar-refractivity contribution in [2.45, 2.75) is 13.0 Å². The van der Waals surface area contributed by atoms with Gasteiger partial charge in [-0.2, -0.15) is 0 Å². The van der Waals surface area contributed by atoms with Gasteiger partial charge in [-0.1, -0.05) is 24.3 Å². The number of aliphatic hydroxyl groups excluding tert-OH is 1. The summed E-state index contributed by atoms with van der Waals surface area (Å²) in [6.07, 6.45) is 0.593. The Morgan fingerprint density at radius 2 is 2.12 bits per heavy atom. The number of para-hydroxylation sites is 1. The van der Waals surface area contributed by atoms with Crippen LogP contribution in [0.4, 0.5) is 5.69 Å². The third kappa shape index (κ3) is 3.36. The van der Waals surface area contributed by atoms with Crippen LogP contribution < -0.4 is 4.72 Å². The molecule has 0 heterocycles. The molecular formula is C11H15NO3S. The molecule has 4 nitrogen and oxygen atoms in total. The summed E-state index contributed by atoms with van der Waals surface area (Å²) in [7, 11) is -3.42. The minimum atomic E-state index is -3.42. The van der Waals surface area contributed by atoms with E-state index in [9.17, 15) is 13.5 Å². The topological polar surface area (TPSA) is 66.4 Å². The van der Waals surface area contributed by atoms with Gasteiger partial charge in [0.15, 0.2) is 0 Å². The largest absolute Gasteiger partial charge is 0.389 e. The Labute approximate surface area is 95.7 Å². The third-order valence-electron chi connectivity index (χ3n) is 2.01. The summed E-state index contributed by atoms with van der Waals surface area (Å²) < 4.78 is 25.4. The predicted molar refractivity (Wildman–Crippen MR) is 64.7 cm³/mol. The molecule has 16 heavy (non-hydrogen) atoms. The van der Waals surface area contributed by atoms with Gasteiger partial charge in [0, 0.05) is 5.56 Å². The summed E-state index contributed by atoms with van der Waals surface area (Å²) in [6, 6.07) is 6.74. The fraction of sp³-hybridized carbons (Fsp3) is 0.273. The quantitative estimate of drug-likeness (QED) is 0.771. The lowest BCUT2D eigenvalue weighted by Crippen LogP contribution is -2.16. The molecule has 1 aromatic carbocycles. The molecule has 1 unspecified atom stereocenters. The summed E-state index contributed by atoms with van der Waals surface area (Å²) in [6.45, 7) is 4.96. The van der Waals surface area contributed by atoms with Gasteiger partial charge >= 0.3 is 0 Å². The fourth-order valence-corrected chi connectivity index (χ4v) is 2.23. The Balaban J connectivity index is 3.01. The molecule has 0 aliphatic rings. The van der Waals surface area contributed by atoms with Crippen molar-refractivity contribution in [3.63, 3.8) is 0 Å². The number of sulfonamides is 1. The summed E-state index contributed by atoms with van der Waals surface area (Å²) in [5.74, 6) is -0.152. The van der Waals surface area contributed by atoms with E-state index >= 15 is 0 Å². The van der Waals surface area contributed by atoms with Crippen LogP contribution in [0, 0.1) is 0 Å². The van der Waals surface area contributed by atoms with E-state index in [1.165, 1.54) is 6.08 Å². The van der Waals surface area contributed by atoms with E-state index < -0.39 is 16.1 Å². The number of aliphatic hydroxyl groups is 1. The normalized spacial score (nSPS) is 13.1. The molecule has 0 spiro atoms. The first-order valence-electron chi connectivity index (χ1n) is 4.84. The Morgan fingerprint density at radius 3 is 2.69 bits per heavy atom. The van der Waals surface area contributed by atoms with Gasteiger partial charge in [0.25, 0.3) is 0 Å². The average Bonchev–Trinajstić information content (AvgIpc) is 2.17. The molecule has 2 N–H and O–H groups in total. The van der Waals surface area contributed by atoms with Crippen LogP contribution in [-0.2, 0) is 10.0 Å². The molecule has 88 valence electrons. The lowest BCUT2D eigenvalue weighted by atomic mass is 10.1. The summed E-state index contributed by atoms with van der Waals surface area (Å²) in [5.41, 5.74) is 0.953. The fourth-order valence-electron chi connectivity index (χ4n) is 1.32. The monoisotopic (exact) mass is 241 g/mol. The van der Waals surface area contributed by atoms with E-state index in [1.54, 1.807) is 31.2 Å². The minimum absolute atomic E-state index is 0.152. The molecule has 1 rings (SSSR count). The Morgan fingerprint density at radius 1 is 1.50 bits per heavy atom. The Kier molecular flexibility index (Phi) is 4.09. The lowest BCUT2D eigenvalue weighted by molar-refractivity contribution is 0.200. The number of hydrogen-bond acceptors (Lipinski definition) is 3. The summed E-state index contributed by atoms with van der Waals surface area (Å²) in [4.78, 5) is 0. The second-order valence-corrected chi connectivity index (χ2v) is 5.20. The SMILES string of the molecule is C=CCS(=O)(=O)Nc1ccccc1C(C)O. The van der Waals surface area contributed by atoms with E-state index in [0.29, 0.717) is 11.3 Å². The molecule has 0 saturated carbocycles. The van der Waals surface area contributed by atoms with Crippen LogP contribution in [0.2, 0.25) is 0 Å². The maximum Gasteiger partial charge on any atom is 0.236 e. The van der Waals surface area contributed by atoms with Crippen LogP contribution in [0.25, 0.3) is 0 Å². The molecule has 5 heteroatoms. The first-order chi connectivity index (χ1) is 7.46. The summed E-state index contributed by atoms with van der Waals surface area (Å²) in [5, 5.41) is 9.48. The second-order valence-electron chi connectivity index (χ2n) is 3.44. The van der Waals surface area contributed by atoms with Crippen molar-refractivity contribution in [3.05, 3.63) is 42.5 Å². The second kappa shape index (κ2) is 5.14. The lowest BCUT2D eigenvalue weighted by Gasteiger charge is -2.13. The average molecular weight is 241 g/mol. The van der Waals surface area contributed by atoms with Crippen molar-refractivity contribution in [3.8, 4) is 0 Å². The predicted octanol–water partition coefficient (Wildman–Crippen LogP) is 1.67. The highest BCUT2D eigenvalue weighted by Gasteiger charge is 2.12. The van der Waals surface area contributed by atoms with E-state index in [4.69, 9.17) is 0 Å². The Bertz CT molecular complexity index is 466. The zero-order valence-electron chi connectivity index (χ0n) is 9.05. The molecule has 0 bridgehead atoms. The van der Waals surface area contributed by atoms with E-state index in [2.05, 4.69) is 11.3 Å². The smallest absolute Gasteiger partial charge is 0.236 e. The van der Waals surface area contributed by atoms with Gasteiger partial charge < -0.3 is 5.11 Å². The number of nitrogens with one attached hydrogen (secondary N) is 1. The molecule has 0 saturated heterocycles. The summed E-state index contributed by atoms with van der Waals surface area (Å²) >= 11 is 0. The zero-order valence-corrected chi connectivity index (χ0v) is 9.87. The Hall–Kier alpha value is -1.33. The highest BCUT2D eigenvalue weighted by atomic mass is 32.2. The molecule has 1 aromatic rings. The van der Waals surface area contributed by atoms with Crippen LogP contribution in [0.5, 0.6) is 0 Å². The van der Waals surface area contributed by atoms with Crippen LogP contribution in [0.15, 0.2) is 36.9 Å². The molecule has 0 amide bonds. The first kappa shape index (κ1) is 12.7. The van der Waals surface area contributed by atoms with Gasteiger partial charge in [0.05, 0.1) is 17.5 Å². The van der Waals surface area contributed by atoms with E-state index in [0.717, 1.165) is 0 Å². The van der Waals surface area contributed by atoms with Crippen LogP contribution in [0.3, 0.4) is 0 Å². The van der Waals surface area contributed by atoms with Crippen LogP contribution >= 0.6 is 0 Å². The standard InChI is InChI=1S/C11H15NO3S/c1-3-8-16(14,15)12-11-7-5-4-6-10(11)9(2)13/h3-7,9,12-13H,1,8H2,2H3. The van der Waals surface area contributed by atoms with Crippen LogP contribution in [-0.4, -0.2) is 19.3 Å². The van der Waals surface area contributed by atoms with Gasteiger partial charge in [-0.25, -0.2) is 8.42 Å². The molecule has 0 aromatic heterocycles. The van der Waals surface area contributed by atoms with E-state index in [-0.39, 0.29) is 5.75 Å². The van der Waals surface area contributed by atoms with Gasteiger partial charge in [0.1, 0.15) is 0 Å². The van der Waals surface area contributed by atoms with E-state index in [1.807, 2.05) is 0 Å². The highest BCUT2D eigenvalue weighted by molar-refractivity contribution is 7.92. The van der Waals surface area contributed by atoms with Crippen molar-refractivity contribution in [1.82, 2.24) is 0 Å². The number of benzene rings is 1. The van der Waals surface area contributed by atoms with Crippen molar-refractivity contribution < 1.29 is 13.5 Å². The van der Waals surface area contributed by atoms with Gasteiger partial charge in [0.2, 0.25) is 10.0 Å². The highest BCUT2D eigenvalue weighted by Crippen LogP contribution is 2.23. The third-order valence-corrected chi connectivity index (χ3v) is 3.22. The van der Waals surface area contributed by atoms with Crippen molar-refractivity contribution in [1.29, 1.82) is 0 Å². The van der Waals surface area contributed by atoms with Crippen molar-refractivity contribution in [2.24, 2.45) is 0 Å². The molecule has 0 radical (unpaired) electrons. The maximum absolute atomic E-state index is 11.5. The molecular weight excluding hydrogens is 226 g/mol. The van der Waals surface area contributed by atoms with Gasteiger partial charge in [-0.05, 0) is 13.0 Å². The molecule has 1 atom stereocenters. The van der Waals surface area contributed by atoms with Gasteiger partial charge in [-0.3, -0.25) is 4.72 Å². The van der Waals surface area contributed by atoms with Crippen molar-refractivity contribution in [2.75, 3.05) is 10.5 Å². The maximum atomic E-state index is 11.5. The zero-order chi connectivity index (χ0) is 12.2. The van der Waals surface area contributed by atoms with Crippen LogP contribution in [0.1, 0.15) is 18.6 Å². The number of anilines is 1. The number of hydrogen-bond donors (Lipinski definition) is 2. The molecule has 0 aliphatic heterocycles. The minimum Gasteiger partial charge on any atom is -0.389 e. The van der Waals surface area contributed by atoms with Gasteiger partial charge in [-0.15, -0.1) is 6.58 Å². The first-order valence-corrected chi connectivity index (χ1v) is 6.50. The van der Waals surface area contributed by atoms with Crippen molar-refractivity contribution >= 4 is 15.7 Å². The molecule has 0 fully saturated rings. The number of rotatable bonds is 5. The molecule has 0 aliphatic carbocycles.